The number of fused-ring (bicyclic) bond motifs is 1. The Kier molecular flexibility index (Phi) is 5.52. The first kappa shape index (κ1) is 18.8. The second-order valence-electron chi connectivity index (χ2n) is 7.34. The molecule has 3 heterocycles. The van der Waals surface area contributed by atoms with E-state index in [1.54, 1.807) is 23.1 Å². The van der Waals surface area contributed by atoms with Crippen molar-refractivity contribution in [3.63, 3.8) is 0 Å². The quantitative estimate of drug-likeness (QED) is 0.858. The van der Waals surface area contributed by atoms with Gasteiger partial charge in [0.15, 0.2) is 17.7 Å². The first-order valence-electron chi connectivity index (χ1n) is 9.91. The molecule has 0 spiro atoms. The largest absolute Gasteiger partial charge is 0.478 e. The molecule has 2 aromatic rings. The number of benzene rings is 1. The average Bonchev–Trinajstić information content (AvgIpc) is 3.27. The molecule has 1 aromatic carbocycles. The Morgan fingerprint density at radius 2 is 2.29 bits per heavy atom. The molecule has 0 aliphatic carbocycles. The smallest absolute Gasteiger partial charge is 0.263 e. The summed E-state index contributed by atoms with van der Waals surface area (Å²) >= 11 is 0. The van der Waals surface area contributed by atoms with Crippen molar-refractivity contribution in [2.24, 2.45) is 0 Å². The molecule has 1 N–H and O–H groups in total. The number of para-hydroxylation sites is 1. The number of halogens is 1. The molecule has 0 saturated carbocycles. The van der Waals surface area contributed by atoms with Crippen LogP contribution >= 0.6 is 0 Å². The highest BCUT2D eigenvalue weighted by Crippen LogP contribution is 2.24. The van der Waals surface area contributed by atoms with Crippen molar-refractivity contribution in [3.05, 3.63) is 53.4 Å². The van der Waals surface area contributed by atoms with Crippen LogP contribution in [0.5, 0.6) is 5.75 Å². The fraction of sp³-hybridized carbons (Fsp3) is 0.476. The highest BCUT2D eigenvalue weighted by Gasteiger charge is 2.30. The van der Waals surface area contributed by atoms with Gasteiger partial charge in [-0.3, -0.25) is 4.79 Å². The summed E-state index contributed by atoms with van der Waals surface area (Å²) in [5.74, 6) is 0.806. The predicted octanol–water partition coefficient (Wildman–Crippen LogP) is 2.43. The molecular formula is C21H25FN4O2. The fourth-order valence-corrected chi connectivity index (χ4v) is 3.80. The molecule has 2 aliphatic heterocycles. The Bertz CT molecular complexity index is 854. The third-order valence-electron chi connectivity index (χ3n) is 5.44. The molecule has 1 aromatic heterocycles. The van der Waals surface area contributed by atoms with Crippen LogP contribution < -0.4 is 10.1 Å². The number of carbonyl (C=O) groups excluding carboxylic acids is 1. The first-order chi connectivity index (χ1) is 13.7. The number of nitrogens with one attached hydrogen (secondary N) is 1. The maximum absolute atomic E-state index is 13.9. The summed E-state index contributed by atoms with van der Waals surface area (Å²) in [4.78, 5) is 24.0. The van der Waals surface area contributed by atoms with Gasteiger partial charge in [-0.05, 0) is 31.5 Å². The highest BCUT2D eigenvalue weighted by molar-refractivity contribution is 5.81. The van der Waals surface area contributed by atoms with Gasteiger partial charge in [0.05, 0.1) is 5.69 Å². The van der Waals surface area contributed by atoms with E-state index in [2.05, 4.69) is 10.3 Å². The summed E-state index contributed by atoms with van der Waals surface area (Å²) in [6, 6.07) is 6.17. The minimum absolute atomic E-state index is 0.109. The monoisotopic (exact) mass is 384 g/mol. The number of ether oxygens (including phenoxy) is 1. The molecule has 0 radical (unpaired) electrons. The van der Waals surface area contributed by atoms with E-state index in [9.17, 15) is 9.18 Å². The minimum Gasteiger partial charge on any atom is -0.478 e. The maximum atomic E-state index is 13.9. The van der Waals surface area contributed by atoms with Crippen LogP contribution in [0.25, 0.3) is 0 Å². The van der Waals surface area contributed by atoms with Gasteiger partial charge in [-0.1, -0.05) is 19.1 Å². The van der Waals surface area contributed by atoms with Crippen LogP contribution in [-0.2, 0) is 17.8 Å². The summed E-state index contributed by atoms with van der Waals surface area (Å²) in [7, 11) is 0. The maximum Gasteiger partial charge on any atom is 0.263 e. The molecule has 2 atom stereocenters. The lowest BCUT2D eigenvalue weighted by Crippen LogP contribution is -2.44. The highest BCUT2D eigenvalue weighted by atomic mass is 19.1. The number of hydrogen-bond acceptors (Lipinski definition) is 5. The molecule has 1 amide bonds. The topological polar surface area (TPSA) is 67.3 Å². The lowest BCUT2D eigenvalue weighted by atomic mass is 10.0. The number of carbonyl (C=O) groups is 1. The Labute approximate surface area is 164 Å². The molecule has 7 heteroatoms. The van der Waals surface area contributed by atoms with Crippen LogP contribution in [0.15, 0.2) is 30.5 Å². The molecule has 6 nitrogen and oxygen atoms in total. The molecule has 4 rings (SSSR count). The third kappa shape index (κ3) is 3.85. The van der Waals surface area contributed by atoms with Gasteiger partial charge < -0.3 is 15.0 Å². The van der Waals surface area contributed by atoms with Crippen molar-refractivity contribution in [3.8, 4) is 5.75 Å². The SMILES string of the molecule is CC[C@@H](Oc1ccccc1F)C(=O)N1CCc2nc([C@H]3CCNC3)ncc2C1. The Morgan fingerprint density at radius 3 is 3.04 bits per heavy atom. The number of amides is 1. The van der Waals surface area contributed by atoms with Crippen LogP contribution in [0.3, 0.4) is 0 Å². The first-order valence-corrected chi connectivity index (χ1v) is 9.91. The molecule has 28 heavy (non-hydrogen) atoms. The van der Waals surface area contributed by atoms with Crippen molar-refractivity contribution in [1.82, 2.24) is 20.2 Å². The van der Waals surface area contributed by atoms with Crippen molar-refractivity contribution in [2.45, 2.75) is 44.8 Å². The van der Waals surface area contributed by atoms with E-state index in [0.29, 0.717) is 31.8 Å². The van der Waals surface area contributed by atoms with E-state index in [0.717, 1.165) is 36.6 Å². The van der Waals surface area contributed by atoms with Gasteiger partial charge in [-0.15, -0.1) is 0 Å². The normalized spacial score (nSPS) is 19.9. The fourth-order valence-electron chi connectivity index (χ4n) is 3.80. The molecule has 148 valence electrons. The van der Waals surface area contributed by atoms with Crippen molar-refractivity contribution in [1.29, 1.82) is 0 Å². The van der Waals surface area contributed by atoms with Crippen LogP contribution in [0.2, 0.25) is 0 Å². The standard InChI is InChI=1S/C21H25FN4O2/c1-2-18(28-19-6-4-3-5-16(19)22)21(27)26-10-8-17-15(13-26)12-24-20(25-17)14-7-9-23-11-14/h3-6,12,14,18,23H,2,7-11,13H2,1H3/t14-,18+/m0/s1. The summed E-state index contributed by atoms with van der Waals surface area (Å²) in [5.41, 5.74) is 2.01. The number of aromatic nitrogens is 2. The van der Waals surface area contributed by atoms with Gasteiger partial charge in [-0.2, -0.15) is 0 Å². The van der Waals surface area contributed by atoms with Crippen molar-refractivity contribution >= 4 is 5.91 Å². The second-order valence-corrected chi connectivity index (χ2v) is 7.34. The summed E-state index contributed by atoms with van der Waals surface area (Å²) < 4.78 is 19.6. The number of nitrogens with zero attached hydrogens (tertiary/aromatic N) is 3. The van der Waals surface area contributed by atoms with E-state index >= 15 is 0 Å². The van der Waals surface area contributed by atoms with Crippen LogP contribution in [0.1, 0.15) is 42.8 Å². The van der Waals surface area contributed by atoms with Gasteiger partial charge in [-0.25, -0.2) is 14.4 Å². The Balaban J connectivity index is 1.45. The molecule has 0 unspecified atom stereocenters. The summed E-state index contributed by atoms with van der Waals surface area (Å²) in [5, 5.41) is 3.34. The number of hydrogen-bond donors (Lipinski definition) is 1. The Hall–Kier alpha value is -2.54. The lowest BCUT2D eigenvalue weighted by Gasteiger charge is -2.31. The van der Waals surface area contributed by atoms with E-state index in [4.69, 9.17) is 9.72 Å². The molecule has 2 aliphatic rings. The van der Waals surface area contributed by atoms with Crippen LogP contribution in [-0.4, -0.2) is 46.5 Å². The zero-order valence-corrected chi connectivity index (χ0v) is 16.0. The van der Waals surface area contributed by atoms with E-state index in [-0.39, 0.29) is 11.7 Å². The van der Waals surface area contributed by atoms with Crippen molar-refractivity contribution in [2.75, 3.05) is 19.6 Å². The zero-order valence-electron chi connectivity index (χ0n) is 16.0. The van der Waals surface area contributed by atoms with E-state index in [1.807, 2.05) is 13.1 Å². The molecular weight excluding hydrogens is 359 g/mol. The van der Waals surface area contributed by atoms with Gasteiger partial charge in [0.2, 0.25) is 0 Å². The zero-order chi connectivity index (χ0) is 19.5. The minimum atomic E-state index is -0.705. The summed E-state index contributed by atoms with van der Waals surface area (Å²) in [6.07, 6.45) is 3.39. The second kappa shape index (κ2) is 8.22. The number of rotatable bonds is 5. The summed E-state index contributed by atoms with van der Waals surface area (Å²) in [6.45, 7) is 4.85. The van der Waals surface area contributed by atoms with Gasteiger partial charge in [0.1, 0.15) is 5.82 Å². The molecule has 0 bridgehead atoms. The van der Waals surface area contributed by atoms with Gasteiger partial charge in [0, 0.05) is 43.7 Å². The van der Waals surface area contributed by atoms with Gasteiger partial charge in [0.25, 0.3) is 5.91 Å². The van der Waals surface area contributed by atoms with Crippen LogP contribution in [0, 0.1) is 5.82 Å². The average molecular weight is 384 g/mol. The lowest BCUT2D eigenvalue weighted by molar-refractivity contribution is -0.140. The molecule has 1 saturated heterocycles. The van der Waals surface area contributed by atoms with Gasteiger partial charge >= 0.3 is 0 Å². The third-order valence-corrected chi connectivity index (χ3v) is 5.44. The van der Waals surface area contributed by atoms with E-state index in [1.165, 1.54) is 6.07 Å². The van der Waals surface area contributed by atoms with Crippen LogP contribution in [0.4, 0.5) is 4.39 Å². The van der Waals surface area contributed by atoms with Crippen molar-refractivity contribution < 1.29 is 13.9 Å². The predicted molar refractivity (Wildman–Crippen MR) is 102 cm³/mol. The molecule has 1 fully saturated rings. The van der Waals surface area contributed by atoms with E-state index < -0.39 is 11.9 Å². The Morgan fingerprint density at radius 1 is 1.43 bits per heavy atom.